The monoisotopic (exact) mass is 205 g/mol. The van der Waals surface area contributed by atoms with Crippen molar-refractivity contribution in [2.75, 3.05) is 7.05 Å². The van der Waals surface area contributed by atoms with Gasteiger partial charge in [-0.2, -0.15) is 0 Å². The Hall–Kier alpha value is -1.20. The van der Waals surface area contributed by atoms with Gasteiger partial charge >= 0.3 is 0 Å². The molecule has 0 aliphatic heterocycles. The van der Waals surface area contributed by atoms with Crippen LogP contribution in [0.2, 0.25) is 0 Å². The van der Waals surface area contributed by atoms with Gasteiger partial charge in [-0.3, -0.25) is 0 Å². The highest BCUT2D eigenvalue weighted by Crippen LogP contribution is 2.20. The highest BCUT2D eigenvalue weighted by molar-refractivity contribution is 5.11. The van der Waals surface area contributed by atoms with Crippen LogP contribution in [0.1, 0.15) is 44.3 Å². The van der Waals surface area contributed by atoms with E-state index in [1.807, 2.05) is 20.0 Å². The molecular weight excluding hydrogens is 186 g/mol. The Morgan fingerprint density at radius 3 is 2.80 bits per heavy atom. The number of nitrogens with one attached hydrogen (secondary N) is 1. The van der Waals surface area contributed by atoms with E-state index in [0.29, 0.717) is 0 Å². The maximum atomic E-state index is 5.71. The van der Waals surface area contributed by atoms with Crippen LogP contribution < -0.4 is 5.32 Å². The van der Waals surface area contributed by atoms with Gasteiger partial charge < -0.3 is 9.73 Å². The van der Waals surface area contributed by atoms with Crippen molar-refractivity contribution in [2.45, 2.75) is 39.2 Å². The molecule has 0 saturated carbocycles. The van der Waals surface area contributed by atoms with Crippen molar-refractivity contribution in [3.05, 3.63) is 23.7 Å². The second-order valence-electron chi connectivity index (χ2n) is 3.46. The number of aryl methyl sites for hydroxylation is 1. The van der Waals surface area contributed by atoms with Crippen LogP contribution in [0.3, 0.4) is 0 Å². The van der Waals surface area contributed by atoms with E-state index >= 15 is 0 Å². The molecule has 2 heteroatoms. The van der Waals surface area contributed by atoms with Crippen molar-refractivity contribution < 1.29 is 4.42 Å². The van der Waals surface area contributed by atoms with E-state index in [0.717, 1.165) is 30.8 Å². The summed E-state index contributed by atoms with van der Waals surface area (Å²) < 4.78 is 5.71. The molecule has 0 radical (unpaired) electrons. The lowest BCUT2D eigenvalue weighted by Crippen LogP contribution is -2.15. The predicted molar refractivity (Wildman–Crippen MR) is 62.6 cm³/mol. The van der Waals surface area contributed by atoms with Crippen LogP contribution in [0, 0.1) is 11.8 Å². The normalized spacial score (nSPS) is 11.9. The van der Waals surface area contributed by atoms with Gasteiger partial charge in [0.05, 0.1) is 6.04 Å². The Kier molecular flexibility index (Phi) is 5.00. The lowest BCUT2D eigenvalue weighted by Gasteiger charge is -2.11. The van der Waals surface area contributed by atoms with Gasteiger partial charge in [0.15, 0.2) is 0 Å². The molecule has 2 nitrogen and oxygen atoms in total. The average Bonchev–Trinajstić information content (AvgIpc) is 2.73. The highest BCUT2D eigenvalue weighted by atomic mass is 16.3. The molecule has 0 aliphatic rings. The van der Waals surface area contributed by atoms with Gasteiger partial charge in [-0.05, 0) is 32.5 Å². The van der Waals surface area contributed by atoms with Crippen molar-refractivity contribution in [3.63, 3.8) is 0 Å². The van der Waals surface area contributed by atoms with Crippen molar-refractivity contribution in [1.29, 1.82) is 0 Å². The minimum absolute atomic E-state index is 0.283. The fraction of sp³-hybridized carbons (Fsp3) is 0.538. The van der Waals surface area contributed by atoms with Crippen LogP contribution in [-0.2, 0) is 6.42 Å². The minimum atomic E-state index is 0.283. The van der Waals surface area contributed by atoms with Gasteiger partial charge in [0.2, 0.25) is 0 Å². The van der Waals surface area contributed by atoms with Crippen LogP contribution >= 0.6 is 0 Å². The fourth-order valence-corrected chi connectivity index (χ4v) is 1.54. The minimum Gasteiger partial charge on any atom is -0.464 e. The third-order valence-corrected chi connectivity index (χ3v) is 2.46. The summed E-state index contributed by atoms with van der Waals surface area (Å²) >= 11 is 0. The summed E-state index contributed by atoms with van der Waals surface area (Å²) in [6.07, 6.45) is 2.85. The first-order chi connectivity index (χ1) is 7.31. The summed E-state index contributed by atoms with van der Waals surface area (Å²) in [5.74, 6) is 8.05. The van der Waals surface area contributed by atoms with E-state index in [9.17, 15) is 0 Å². The quantitative estimate of drug-likeness (QED) is 0.748. The molecule has 1 rings (SSSR count). The van der Waals surface area contributed by atoms with Gasteiger partial charge in [0.1, 0.15) is 11.5 Å². The van der Waals surface area contributed by atoms with E-state index < -0.39 is 0 Å². The first-order valence-electron chi connectivity index (χ1n) is 5.47. The number of hydrogen-bond donors (Lipinski definition) is 1. The summed E-state index contributed by atoms with van der Waals surface area (Å²) in [4.78, 5) is 0. The Bertz CT molecular complexity index is 343. The zero-order valence-electron chi connectivity index (χ0n) is 9.76. The first kappa shape index (κ1) is 11.9. The van der Waals surface area contributed by atoms with Crippen molar-refractivity contribution >= 4 is 0 Å². The molecule has 1 aromatic rings. The third kappa shape index (κ3) is 3.45. The lowest BCUT2D eigenvalue weighted by molar-refractivity contribution is 0.397. The summed E-state index contributed by atoms with van der Waals surface area (Å²) in [7, 11) is 1.96. The Balaban J connectivity index is 2.59. The number of furan rings is 1. The number of hydrogen-bond acceptors (Lipinski definition) is 2. The molecule has 0 fully saturated rings. The molecule has 0 amide bonds. The predicted octanol–water partition coefficient (Wildman–Crippen LogP) is 2.91. The zero-order valence-corrected chi connectivity index (χ0v) is 9.76. The van der Waals surface area contributed by atoms with Gasteiger partial charge in [0, 0.05) is 12.8 Å². The SMILES string of the molecule is CC#CCCC(NC)c1ccc(CC)o1. The van der Waals surface area contributed by atoms with Gasteiger partial charge in [-0.15, -0.1) is 11.8 Å². The molecule has 0 saturated heterocycles. The Labute approximate surface area is 92.1 Å². The molecular formula is C13H19NO. The molecule has 1 aromatic heterocycles. The molecule has 0 bridgehead atoms. The topological polar surface area (TPSA) is 25.2 Å². The second kappa shape index (κ2) is 6.31. The molecule has 0 spiro atoms. The van der Waals surface area contributed by atoms with Crippen LogP contribution in [0.15, 0.2) is 16.5 Å². The molecule has 15 heavy (non-hydrogen) atoms. The summed E-state index contributed by atoms with van der Waals surface area (Å²) in [5.41, 5.74) is 0. The van der Waals surface area contributed by atoms with Gasteiger partial charge in [0.25, 0.3) is 0 Å². The van der Waals surface area contributed by atoms with Crippen LogP contribution in [0.5, 0.6) is 0 Å². The van der Waals surface area contributed by atoms with E-state index in [1.165, 1.54) is 0 Å². The number of rotatable bonds is 5. The van der Waals surface area contributed by atoms with Crippen molar-refractivity contribution in [3.8, 4) is 11.8 Å². The largest absolute Gasteiger partial charge is 0.464 e. The standard InChI is InChI=1S/C13H19NO/c1-4-6-7-8-12(14-3)13-10-9-11(5-2)15-13/h9-10,12,14H,5,7-8H2,1-3H3. The maximum absolute atomic E-state index is 5.71. The van der Waals surface area contributed by atoms with E-state index in [2.05, 4.69) is 30.1 Å². The summed E-state index contributed by atoms with van der Waals surface area (Å²) in [6, 6.07) is 4.39. The Morgan fingerprint density at radius 1 is 1.47 bits per heavy atom. The fourth-order valence-electron chi connectivity index (χ4n) is 1.54. The molecule has 1 heterocycles. The van der Waals surface area contributed by atoms with Crippen molar-refractivity contribution in [2.24, 2.45) is 0 Å². The van der Waals surface area contributed by atoms with Crippen molar-refractivity contribution in [1.82, 2.24) is 5.32 Å². The average molecular weight is 205 g/mol. The molecule has 1 N–H and O–H groups in total. The summed E-state index contributed by atoms with van der Waals surface area (Å²) in [6.45, 7) is 3.97. The zero-order chi connectivity index (χ0) is 11.1. The van der Waals surface area contributed by atoms with Gasteiger partial charge in [-0.1, -0.05) is 6.92 Å². The summed E-state index contributed by atoms with van der Waals surface area (Å²) in [5, 5.41) is 3.25. The molecule has 0 aliphatic carbocycles. The van der Waals surface area contributed by atoms with E-state index in [1.54, 1.807) is 0 Å². The molecule has 1 atom stereocenters. The Morgan fingerprint density at radius 2 is 2.27 bits per heavy atom. The van der Waals surface area contributed by atoms with Crippen LogP contribution in [0.25, 0.3) is 0 Å². The molecule has 82 valence electrons. The smallest absolute Gasteiger partial charge is 0.121 e. The van der Waals surface area contributed by atoms with Gasteiger partial charge in [-0.25, -0.2) is 0 Å². The molecule has 1 unspecified atom stereocenters. The van der Waals surface area contributed by atoms with E-state index in [-0.39, 0.29) is 6.04 Å². The van der Waals surface area contributed by atoms with Crippen LogP contribution in [-0.4, -0.2) is 7.05 Å². The maximum Gasteiger partial charge on any atom is 0.121 e. The third-order valence-electron chi connectivity index (χ3n) is 2.46. The first-order valence-corrected chi connectivity index (χ1v) is 5.47. The van der Waals surface area contributed by atoms with E-state index in [4.69, 9.17) is 4.42 Å². The lowest BCUT2D eigenvalue weighted by atomic mass is 10.1. The highest BCUT2D eigenvalue weighted by Gasteiger charge is 2.12. The molecule has 0 aromatic carbocycles. The van der Waals surface area contributed by atoms with Crippen LogP contribution in [0.4, 0.5) is 0 Å². The second-order valence-corrected chi connectivity index (χ2v) is 3.46.